The first-order valence-corrected chi connectivity index (χ1v) is 5.68. The second-order valence-corrected chi connectivity index (χ2v) is 4.33. The van der Waals surface area contributed by atoms with Crippen molar-refractivity contribution in [2.45, 2.75) is 38.1 Å². The van der Waals surface area contributed by atoms with E-state index in [9.17, 15) is 0 Å². The van der Waals surface area contributed by atoms with Crippen molar-refractivity contribution >= 4 is 0 Å². The largest absolute Gasteiger partial charge is 0.324 e. The summed E-state index contributed by atoms with van der Waals surface area (Å²) in [6.45, 7) is 0. The molecule has 76 valence electrons. The van der Waals surface area contributed by atoms with E-state index >= 15 is 0 Å². The average Bonchev–Trinajstić information content (AvgIpc) is 2.30. The van der Waals surface area contributed by atoms with Crippen molar-refractivity contribution in [3.8, 4) is 0 Å². The van der Waals surface area contributed by atoms with Crippen LogP contribution in [0.15, 0.2) is 30.3 Å². The van der Waals surface area contributed by atoms with E-state index in [0.717, 1.165) is 0 Å². The first kappa shape index (κ1) is 9.72. The maximum atomic E-state index is 6.27. The highest BCUT2D eigenvalue weighted by molar-refractivity contribution is 5.19. The van der Waals surface area contributed by atoms with Crippen LogP contribution in [0.3, 0.4) is 0 Å². The molecule has 2 rings (SSSR count). The molecule has 0 bridgehead atoms. The van der Waals surface area contributed by atoms with Gasteiger partial charge in [0.15, 0.2) is 0 Å². The minimum Gasteiger partial charge on any atom is -0.324 e. The van der Waals surface area contributed by atoms with E-state index in [2.05, 4.69) is 30.3 Å². The van der Waals surface area contributed by atoms with Crippen molar-refractivity contribution in [2.75, 3.05) is 0 Å². The van der Waals surface area contributed by atoms with Gasteiger partial charge in [-0.2, -0.15) is 0 Å². The molecule has 0 spiro atoms. The lowest BCUT2D eigenvalue weighted by Crippen LogP contribution is -2.23. The van der Waals surface area contributed by atoms with Crippen LogP contribution < -0.4 is 5.73 Å². The Kier molecular flexibility index (Phi) is 3.20. The van der Waals surface area contributed by atoms with Crippen LogP contribution in [0.1, 0.15) is 43.7 Å². The molecule has 0 saturated heterocycles. The maximum absolute atomic E-state index is 6.27. The van der Waals surface area contributed by atoms with Gasteiger partial charge in [0.25, 0.3) is 0 Å². The van der Waals surface area contributed by atoms with Gasteiger partial charge < -0.3 is 5.73 Å². The van der Waals surface area contributed by atoms with Crippen molar-refractivity contribution in [3.63, 3.8) is 0 Å². The van der Waals surface area contributed by atoms with E-state index in [-0.39, 0.29) is 6.04 Å². The Morgan fingerprint density at radius 2 is 1.64 bits per heavy atom. The number of hydrogen-bond acceptors (Lipinski definition) is 1. The Balaban J connectivity index is 2.03. The quantitative estimate of drug-likeness (QED) is 0.759. The Labute approximate surface area is 86.3 Å². The summed E-state index contributed by atoms with van der Waals surface area (Å²) in [6, 6.07) is 10.8. The first-order valence-electron chi connectivity index (χ1n) is 5.68. The standard InChI is InChI=1S/C13H19N/c14-13(11-7-3-1-4-8-11)12-9-5-2-6-10-12/h1,3-4,7-8,12-13H,2,5-6,9-10,14H2. The van der Waals surface area contributed by atoms with Gasteiger partial charge in [-0.15, -0.1) is 0 Å². The van der Waals surface area contributed by atoms with Crippen molar-refractivity contribution < 1.29 is 0 Å². The summed E-state index contributed by atoms with van der Waals surface area (Å²) in [5.41, 5.74) is 7.57. The molecule has 1 nitrogen and oxygen atoms in total. The Morgan fingerprint density at radius 1 is 1.00 bits per heavy atom. The van der Waals surface area contributed by atoms with E-state index < -0.39 is 0 Å². The fourth-order valence-corrected chi connectivity index (χ4v) is 2.44. The van der Waals surface area contributed by atoms with Crippen LogP contribution in [-0.2, 0) is 0 Å². The molecule has 1 aliphatic carbocycles. The molecule has 1 aromatic carbocycles. The third-order valence-electron chi connectivity index (χ3n) is 3.34. The van der Waals surface area contributed by atoms with Crippen LogP contribution in [0.2, 0.25) is 0 Å². The molecule has 0 heterocycles. The summed E-state index contributed by atoms with van der Waals surface area (Å²) < 4.78 is 0. The van der Waals surface area contributed by atoms with Crippen LogP contribution in [0.25, 0.3) is 0 Å². The number of benzene rings is 1. The third kappa shape index (κ3) is 2.16. The summed E-state index contributed by atoms with van der Waals surface area (Å²) in [5, 5.41) is 0. The maximum Gasteiger partial charge on any atom is 0.0323 e. The van der Waals surface area contributed by atoms with Gasteiger partial charge in [-0.1, -0.05) is 49.6 Å². The highest BCUT2D eigenvalue weighted by atomic mass is 14.7. The second kappa shape index (κ2) is 4.61. The van der Waals surface area contributed by atoms with Crippen molar-refractivity contribution in [3.05, 3.63) is 35.9 Å². The molecule has 1 saturated carbocycles. The zero-order chi connectivity index (χ0) is 9.80. The molecule has 0 aliphatic heterocycles. The van der Waals surface area contributed by atoms with Crippen molar-refractivity contribution in [2.24, 2.45) is 11.7 Å². The minimum absolute atomic E-state index is 0.261. The first-order chi connectivity index (χ1) is 6.88. The Morgan fingerprint density at radius 3 is 2.29 bits per heavy atom. The highest BCUT2D eigenvalue weighted by Crippen LogP contribution is 2.32. The molecule has 1 fully saturated rings. The zero-order valence-corrected chi connectivity index (χ0v) is 8.65. The zero-order valence-electron chi connectivity index (χ0n) is 8.65. The van der Waals surface area contributed by atoms with Gasteiger partial charge in [0, 0.05) is 6.04 Å². The molecular formula is C13H19N. The number of hydrogen-bond donors (Lipinski definition) is 1. The van der Waals surface area contributed by atoms with Crippen LogP contribution >= 0.6 is 0 Å². The van der Waals surface area contributed by atoms with E-state index in [1.807, 2.05) is 0 Å². The van der Waals surface area contributed by atoms with Crippen molar-refractivity contribution in [1.82, 2.24) is 0 Å². The van der Waals surface area contributed by atoms with Crippen molar-refractivity contribution in [1.29, 1.82) is 0 Å². The lowest BCUT2D eigenvalue weighted by molar-refractivity contribution is 0.308. The molecule has 1 aromatic rings. The molecule has 0 radical (unpaired) electrons. The van der Waals surface area contributed by atoms with E-state index in [0.29, 0.717) is 5.92 Å². The van der Waals surface area contributed by atoms with E-state index in [1.165, 1.54) is 37.7 Å². The smallest absolute Gasteiger partial charge is 0.0323 e. The van der Waals surface area contributed by atoms with Gasteiger partial charge in [0.05, 0.1) is 0 Å². The fourth-order valence-electron chi connectivity index (χ4n) is 2.44. The predicted molar refractivity (Wildman–Crippen MR) is 59.9 cm³/mol. The molecule has 1 unspecified atom stereocenters. The van der Waals surface area contributed by atoms with Gasteiger partial charge in [-0.3, -0.25) is 0 Å². The van der Waals surface area contributed by atoms with E-state index in [4.69, 9.17) is 5.73 Å². The van der Waals surface area contributed by atoms with E-state index in [1.54, 1.807) is 0 Å². The van der Waals surface area contributed by atoms with Gasteiger partial charge in [0.1, 0.15) is 0 Å². The summed E-state index contributed by atoms with van der Waals surface area (Å²) in [5.74, 6) is 0.714. The summed E-state index contributed by atoms with van der Waals surface area (Å²) in [4.78, 5) is 0. The molecule has 2 N–H and O–H groups in total. The summed E-state index contributed by atoms with van der Waals surface area (Å²) in [7, 11) is 0. The minimum atomic E-state index is 0.261. The van der Waals surface area contributed by atoms with Gasteiger partial charge in [-0.05, 0) is 24.3 Å². The van der Waals surface area contributed by atoms with Crippen LogP contribution in [0.4, 0.5) is 0 Å². The average molecular weight is 189 g/mol. The van der Waals surface area contributed by atoms with Crippen LogP contribution in [0.5, 0.6) is 0 Å². The molecule has 14 heavy (non-hydrogen) atoms. The summed E-state index contributed by atoms with van der Waals surface area (Å²) >= 11 is 0. The monoisotopic (exact) mass is 189 g/mol. The summed E-state index contributed by atoms with van der Waals surface area (Å²) in [6.07, 6.45) is 6.76. The highest BCUT2D eigenvalue weighted by Gasteiger charge is 2.21. The van der Waals surface area contributed by atoms with Gasteiger partial charge in [-0.25, -0.2) is 0 Å². The fraction of sp³-hybridized carbons (Fsp3) is 0.538. The van der Waals surface area contributed by atoms with Crippen LogP contribution in [-0.4, -0.2) is 0 Å². The molecule has 1 atom stereocenters. The number of nitrogens with two attached hydrogens (primary N) is 1. The molecular weight excluding hydrogens is 170 g/mol. The molecule has 0 amide bonds. The second-order valence-electron chi connectivity index (χ2n) is 4.33. The molecule has 0 aromatic heterocycles. The SMILES string of the molecule is NC(c1ccccc1)C1CCCCC1. The Hall–Kier alpha value is -0.820. The third-order valence-corrected chi connectivity index (χ3v) is 3.34. The molecule has 1 aliphatic rings. The lowest BCUT2D eigenvalue weighted by atomic mass is 9.82. The van der Waals surface area contributed by atoms with Gasteiger partial charge in [0.2, 0.25) is 0 Å². The Bertz CT molecular complexity index is 262. The normalized spacial score (nSPS) is 20.6. The van der Waals surface area contributed by atoms with Gasteiger partial charge >= 0.3 is 0 Å². The topological polar surface area (TPSA) is 26.0 Å². The molecule has 1 heteroatoms. The predicted octanol–water partition coefficient (Wildman–Crippen LogP) is 3.27. The number of rotatable bonds is 2. The van der Waals surface area contributed by atoms with Crippen LogP contribution in [0, 0.1) is 5.92 Å². The lowest BCUT2D eigenvalue weighted by Gasteiger charge is -2.27.